The Morgan fingerprint density at radius 3 is 2.13 bits per heavy atom. The number of hydrogen-bond donors (Lipinski definition) is 1. The maximum absolute atomic E-state index is 12.9. The monoisotopic (exact) mass is 411 g/mol. The van der Waals surface area contributed by atoms with Gasteiger partial charge in [-0.25, -0.2) is 0 Å². The summed E-state index contributed by atoms with van der Waals surface area (Å²) >= 11 is 0. The Balaban J connectivity index is 1.27. The number of ether oxygens (including phenoxy) is 1. The number of carbonyl (C=O) groups excluding carboxylic acids is 3. The third-order valence-corrected chi connectivity index (χ3v) is 7.30. The predicted octanol–water partition coefficient (Wildman–Crippen LogP) is 5.15. The Hall–Kier alpha value is -2.17. The van der Waals surface area contributed by atoms with Gasteiger partial charge in [0.1, 0.15) is 0 Å². The van der Waals surface area contributed by atoms with Crippen molar-refractivity contribution >= 4 is 23.3 Å². The number of ketones is 1. The molecule has 1 aromatic carbocycles. The first-order valence-electron chi connectivity index (χ1n) is 11.6. The third-order valence-electron chi connectivity index (χ3n) is 7.30. The second-order valence-electron chi connectivity index (χ2n) is 9.78. The molecule has 4 saturated carbocycles. The minimum Gasteiger partial charge on any atom is -0.457 e. The minimum atomic E-state index is -0.332. The average molecular weight is 412 g/mol. The van der Waals surface area contributed by atoms with Crippen LogP contribution in [-0.2, 0) is 14.3 Å². The van der Waals surface area contributed by atoms with E-state index in [2.05, 4.69) is 12.2 Å². The first kappa shape index (κ1) is 21.1. The molecular weight excluding hydrogens is 378 g/mol. The van der Waals surface area contributed by atoms with Gasteiger partial charge < -0.3 is 10.1 Å². The molecule has 1 N–H and O–H groups in total. The largest absolute Gasteiger partial charge is 0.457 e. The van der Waals surface area contributed by atoms with E-state index in [0.717, 1.165) is 38.5 Å². The zero-order valence-electron chi connectivity index (χ0n) is 18.0. The number of hydrogen-bond acceptors (Lipinski definition) is 4. The van der Waals surface area contributed by atoms with Gasteiger partial charge in [-0.1, -0.05) is 19.8 Å². The molecule has 0 spiro atoms. The van der Waals surface area contributed by atoms with Crippen LogP contribution in [0.1, 0.15) is 81.5 Å². The molecule has 0 aliphatic heterocycles. The average Bonchev–Trinajstić information content (AvgIpc) is 2.71. The van der Waals surface area contributed by atoms with Crippen molar-refractivity contribution in [1.82, 2.24) is 0 Å². The summed E-state index contributed by atoms with van der Waals surface area (Å²) < 4.78 is 5.53. The molecule has 30 heavy (non-hydrogen) atoms. The molecule has 0 unspecified atom stereocenters. The van der Waals surface area contributed by atoms with Crippen molar-refractivity contribution in [1.29, 1.82) is 0 Å². The maximum atomic E-state index is 12.9. The molecule has 5 heteroatoms. The van der Waals surface area contributed by atoms with Crippen LogP contribution in [0.4, 0.5) is 5.69 Å². The van der Waals surface area contributed by atoms with Gasteiger partial charge in [-0.3, -0.25) is 14.4 Å². The fourth-order valence-corrected chi connectivity index (χ4v) is 6.23. The molecule has 5 rings (SSSR count). The number of benzene rings is 1. The Bertz CT molecular complexity index is 763. The van der Waals surface area contributed by atoms with E-state index in [1.54, 1.807) is 24.3 Å². The number of unbranched alkanes of at least 4 members (excludes halogenated alkanes) is 2. The predicted molar refractivity (Wildman–Crippen MR) is 115 cm³/mol. The van der Waals surface area contributed by atoms with Gasteiger partial charge in [0.2, 0.25) is 5.91 Å². The minimum absolute atomic E-state index is 0.00738. The van der Waals surface area contributed by atoms with E-state index in [1.165, 1.54) is 19.3 Å². The fraction of sp³-hybridized carbons (Fsp3) is 0.640. The molecule has 4 fully saturated rings. The highest BCUT2D eigenvalue weighted by Gasteiger charge is 2.55. The molecule has 0 aromatic heterocycles. The SMILES string of the molecule is CCCCCC(=O)Nc1ccc(C(=O)COC(=O)C23CC4CC(CC(C4)C2)C3)cc1. The van der Waals surface area contributed by atoms with Crippen LogP contribution in [0, 0.1) is 23.2 Å². The first-order chi connectivity index (χ1) is 14.5. The summed E-state index contributed by atoms with van der Waals surface area (Å²) in [7, 11) is 0. The molecule has 4 aliphatic carbocycles. The van der Waals surface area contributed by atoms with E-state index in [4.69, 9.17) is 4.74 Å². The highest BCUT2D eigenvalue weighted by Crippen LogP contribution is 2.60. The number of anilines is 1. The summed E-state index contributed by atoms with van der Waals surface area (Å²) in [4.78, 5) is 37.3. The quantitative estimate of drug-likeness (QED) is 0.347. The van der Waals surface area contributed by atoms with E-state index >= 15 is 0 Å². The van der Waals surface area contributed by atoms with E-state index in [9.17, 15) is 14.4 Å². The highest BCUT2D eigenvalue weighted by molar-refractivity contribution is 5.99. The molecule has 0 saturated heterocycles. The van der Waals surface area contributed by atoms with E-state index < -0.39 is 0 Å². The van der Waals surface area contributed by atoms with Crippen LogP contribution in [0.2, 0.25) is 0 Å². The highest BCUT2D eigenvalue weighted by atomic mass is 16.5. The summed E-state index contributed by atoms with van der Waals surface area (Å²) in [5.74, 6) is 1.64. The number of rotatable bonds is 9. The molecule has 0 atom stereocenters. The molecule has 0 heterocycles. The molecular formula is C25H33NO4. The topological polar surface area (TPSA) is 72.5 Å². The summed E-state index contributed by atoms with van der Waals surface area (Å²) in [6.07, 6.45) is 10.2. The smallest absolute Gasteiger partial charge is 0.312 e. The maximum Gasteiger partial charge on any atom is 0.312 e. The Labute approximate surface area is 178 Å². The molecule has 1 aromatic rings. The van der Waals surface area contributed by atoms with Crippen molar-refractivity contribution in [2.75, 3.05) is 11.9 Å². The van der Waals surface area contributed by atoms with Crippen molar-refractivity contribution in [3.05, 3.63) is 29.8 Å². The Morgan fingerprint density at radius 2 is 1.57 bits per heavy atom. The van der Waals surface area contributed by atoms with E-state index in [0.29, 0.717) is 35.4 Å². The van der Waals surface area contributed by atoms with Crippen molar-refractivity contribution in [3.8, 4) is 0 Å². The lowest BCUT2D eigenvalue weighted by Crippen LogP contribution is -2.50. The third kappa shape index (κ3) is 4.60. The molecule has 0 radical (unpaired) electrons. The Kier molecular flexibility index (Phi) is 6.26. The lowest BCUT2D eigenvalue weighted by Gasteiger charge is -2.55. The molecule has 1 amide bonds. The van der Waals surface area contributed by atoms with Gasteiger partial charge in [0.15, 0.2) is 12.4 Å². The number of Topliss-reactive ketones (excluding diaryl/α,β-unsaturated/α-hetero) is 1. The summed E-state index contributed by atoms with van der Waals surface area (Å²) in [5, 5.41) is 2.86. The van der Waals surface area contributed by atoms with Gasteiger partial charge in [0.25, 0.3) is 0 Å². The normalized spacial score (nSPS) is 28.9. The van der Waals surface area contributed by atoms with Crippen LogP contribution in [-0.4, -0.2) is 24.3 Å². The first-order valence-corrected chi connectivity index (χ1v) is 11.6. The lowest BCUT2D eigenvalue weighted by atomic mass is 9.49. The van der Waals surface area contributed by atoms with Gasteiger partial charge in [0, 0.05) is 17.7 Å². The van der Waals surface area contributed by atoms with Gasteiger partial charge in [-0.15, -0.1) is 0 Å². The van der Waals surface area contributed by atoms with Gasteiger partial charge >= 0.3 is 5.97 Å². The summed E-state index contributed by atoms with van der Waals surface area (Å²) in [6, 6.07) is 6.82. The molecule has 5 nitrogen and oxygen atoms in total. The number of esters is 1. The summed E-state index contributed by atoms with van der Waals surface area (Å²) in [6.45, 7) is 1.90. The molecule has 4 bridgehead atoms. The van der Waals surface area contributed by atoms with Crippen molar-refractivity contribution < 1.29 is 19.1 Å². The van der Waals surface area contributed by atoms with Crippen LogP contribution in [0.5, 0.6) is 0 Å². The van der Waals surface area contributed by atoms with Crippen molar-refractivity contribution in [3.63, 3.8) is 0 Å². The molecule has 4 aliphatic rings. The van der Waals surface area contributed by atoms with Crippen molar-refractivity contribution in [2.45, 2.75) is 71.1 Å². The van der Waals surface area contributed by atoms with Crippen LogP contribution in [0.25, 0.3) is 0 Å². The van der Waals surface area contributed by atoms with Gasteiger partial charge in [-0.05, 0) is 87.0 Å². The number of nitrogens with one attached hydrogen (secondary N) is 1. The second-order valence-corrected chi connectivity index (χ2v) is 9.78. The van der Waals surface area contributed by atoms with Crippen LogP contribution in [0.15, 0.2) is 24.3 Å². The van der Waals surface area contributed by atoms with Crippen LogP contribution in [0.3, 0.4) is 0 Å². The summed E-state index contributed by atoms with van der Waals surface area (Å²) in [5.41, 5.74) is 0.844. The Morgan fingerprint density at radius 1 is 0.967 bits per heavy atom. The van der Waals surface area contributed by atoms with Crippen LogP contribution < -0.4 is 5.32 Å². The zero-order chi connectivity index (χ0) is 21.1. The van der Waals surface area contributed by atoms with E-state index in [1.807, 2.05) is 0 Å². The number of amides is 1. The zero-order valence-corrected chi connectivity index (χ0v) is 18.0. The fourth-order valence-electron chi connectivity index (χ4n) is 6.23. The lowest BCUT2D eigenvalue weighted by molar-refractivity contribution is -0.170. The van der Waals surface area contributed by atoms with Gasteiger partial charge in [0.05, 0.1) is 5.41 Å². The van der Waals surface area contributed by atoms with Crippen LogP contribution >= 0.6 is 0 Å². The van der Waals surface area contributed by atoms with Crippen molar-refractivity contribution in [2.24, 2.45) is 23.2 Å². The van der Waals surface area contributed by atoms with Gasteiger partial charge in [-0.2, -0.15) is 0 Å². The number of carbonyl (C=O) groups is 3. The standard InChI is InChI=1S/C25H33NO4/c1-2-3-4-5-23(28)26-21-8-6-20(7-9-21)22(27)16-30-24(29)25-13-17-10-18(14-25)12-19(11-17)15-25/h6-9,17-19H,2-5,10-16H2,1H3,(H,26,28). The second kappa shape index (κ2) is 8.91. The molecule has 162 valence electrons. The van der Waals surface area contributed by atoms with E-state index in [-0.39, 0.29) is 29.7 Å².